The molecule has 0 N–H and O–H groups in total. The van der Waals surface area contributed by atoms with Crippen LogP contribution in [0.4, 0.5) is 5.69 Å². The molecule has 0 aliphatic carbocycles. The first-order chi connectivity index (χ1) is 7.22. The summed E-state index contributed by atoms with van der Waals surface area (Å²) in [4.78, 5) is 15.7. The minimum absolute atomic E-state index is 0.117. The number of ketones is 1. The number of benzene rings is 1. The van der Waals surface area contributed by atoms with E-state index in [0.717, 1.165) is 16.6 Å². The second kappa shape index (κ2) is 4.17. The Balaban J connectivity index is 2.35. The van der Waals surface area contributed by atoms with Crippen molar-refractivity contribution in [2.45, 2.75) is 19.8 Å². The van der Waals surface area contributed by atoms with E-state index in [-0.39, 0.29) is 5.78 Å². The molecule has 1 aliphatic rings. The van der Waals surface area contributed by atoms with Crippen LogP contribution in [0.15, 0.2) is 23.2 Å². The van der Waals surface area contributed by atoms with Gasteiger partial charge in [0.2, 0.25) is 0 Å². The zero-order valence-corrected chi connectivity index (χ0v) is 10.1. The molecule has 1 unspecified atom stereocenters. The summed E-state index contributed by atoms with van der Waals surface area (Å²) in [5.74, 6) is 0.117. The van der Waals surface area contributed by atoms with Crippen LogP contribution in [-0.2, 0) is 3.83 Å². The van der Waals surface area contributed by atoms with Gasteiger partial charge >= 0.3 is 92.0 Å². The van der Waals surface area contributed by atoms with E-state index in [4.69, 9.17) is 0 Å². The molecule has 1 aliphatic heterocycles. The molecule has 0 fully saturated rings. The molecule has 1 aromatic carbocycles. The summed E-state index contributed by atoms with van der Waals surface area (Å²) in [6.45, 7) is 1.97. The van der Waals surface area contributed by atoms with Crippen molar-refractivity contribution in [3.8, 4) is 0 Å². The predicted octanol–water partition coefficient (Wildman–Crippen LogP) is 1.55. The topological polar surface area (TPSA) is 46.5 Å². The Bertz CT molecular complexity index is 466. The second-order valence-electron chi connectivity index (χ2n) is 3.39. The fourth-order valence-electron chi connectivity index (χ4n) is 1.49. The Kier molecular flexibility index (Phi) is 2.89. The molecule has 1 heterocycles. The maximum atomic E-state index is 11.6. The van der Waals surface area contributed by atoms with Crippen LogP contribution in [0.5, 0.6) is 0 Å². The van der Waals surface area contributed by atoms with Gasteiger partial charge in [-0.15, -0.1) is 0 Å². The number of nitrogens with zero attached hydrogens (tertiary/aromatic N) is 1. The molecular formula is C11H11NO2Se. The van der Waals surface area contributed by atoms with Crippen LogP contribution in [0.1, 0.15) is 30.1 Å². The van der Waals surface area contributed by atoms with E-state index in [0.29, 0.717) is 12.0 Å². The molecule has 4 heteroatoms. The van der Waals surface area contributed by atoms with Crippen molar-refractivity contribution < 1.29 is 8.63 Å². The van der Waals surface area contributed by atoms with E-state index in [2.05, 4.69) is 4.99 Å². The van der Waals surface area contributed by atoms with Gasteiger partial charge in [0.15, 0.2) is 0 Å². The number of hydrogen-bond donors (Lipinski definition) is 0. The normalized spacial score (nSPS) is 17.8. The van der Waals surface area contributed by atoms with Crippen molar-refractivity contribution in [2.75, 3.05) is 0 Å². The summed E-state index contributed by atoms with van der Waals surface area (Å²) in [6.07, 6.45) is 1.38. The molecule has 3 nitrogen and oxygen atoms in total. The maximum absolute atomic E-state index is 11.6. The van der Waals surface area contributed by atoms with E-state index in [9.17, 15) is 8.63 Å². The van der Waals surface area contributed by atoms with Crippen molar-refractivity contribution in [3.63, 3.8) is 0 Å². The molecule has 0 radical (unpaired) electrons. The van der Waals surface area contributed by atoms with Crippen molar-refractivity contribution in [1.82, 2.24) is 0 Å². The average molecular weight is 268 g/mol. The van der Waals surface area contributed by atoms with Gasteiger partial charge in [0, 0.05) is 0 Å². The van der Waals surface area contributed by atoms with Gasteiger partial charge < -0.3 is 0 Å². The molecule has 1 atom stereocenters. The van der Waals surface area contributed by atoms with Crippen molar-refractivity contribution in [2.24, 2.45) is 4.99 Å². The summed E-state index contributed by atoms with van der Waals surface area (Å²) in [7, 11) is 0. The predicted molar refractivity (Wildman–Crippen MR) is 59.9 cm³/mol. The Labute approximate surface area is 92.3 Å². The molecule has 0 saturated heterocycles. The van der Waals surface area contributed by atoms with Gasteiger partial charge in [0.1, 0.15) is 0 Å². The molecule has 0 saturated carbocycles. The van der Waals surface area contributed by atoms with Crippen LogP contribution in [-0.4, -0.2) is 24.7 Å². The Morgan fingerprint density at radius 3 is 3.00 bits per heavy atom. The number of Topliss-reactive ketones (excluding diaryl/α,β-unsaturated/α-hetero) is 1. The number of fused-ring (bicyclic) bond motifs is 1. The second-order valence-corrected chi connectivity index (χ2v) is 6.00. The first kappa shape index (κ1) is 10.4. The van der Waals surface area contributed by atoms with Gasteiger partial charge in [-0.05, 0) is 0 Å². The molecule has 0 amide bonds. The van der Waals surface area contributed by atoms with Crippen LogP contribution < -0.4 is 4.46 Å². The van der Waals surface area contributed by atoms with Crippen LogP contribution in [0.2, 0.25) is 0 Å². The first-order valence-corrected chi connectivity index (χ1v) is 7.39. The van der Waals surface area contributed by atoms with Gasteiger partial charge in [-0.3, -0.25) is 0 Å². The minimum atomic E-state index is -2.10. The van der Waals surface area contributed by atoms with E-state index < -0.39 is 13.8 Å². The third kappa shape index (κ3) is 1.96. The van der Waals surface area contributed by atoms with Gasteiger partial charge in [-0.2, -0.15) is 0 Å². The van der Waals surface area contributed by atoms with Crippen LogP contribution >= 0.6 is 0 Å². The zero-order chi connectivity index (χ0) is 10.8. The third-order valence-corrected chi connectivity index (χ3v) is 4.48. The standard InChI is InChI=1S/C11H11NO2Se/c1-2-3-10(13)8-4-5-9-11(6-8)15(14)7-12-9/h4-7H,2-3H2,1H3. The van der Waals surface area contributed by atoms with Gasteiger partial charge in [-0.1, -0.05) is 0 Å². The SMILES string of the molecule is CCCC(=O)c1ccc2c(c1)[Se](=O)C=N2. The fourth-order valence-corrected chi connectivity index (χ4v) is 3.36. The van der Waals surface area contributed by atoms with E-state index in [1.54, 1.807) is 18.2 Å². The molecule has 0 spiro atoms. The summed E-state index contributed by atoms with van der Waals surface area (Å²) in [5.41, 5.74) is 1.41. The van der Waals surface area contributed by atoms with Crippen molar-refractivity contribution >= 4 is 34.9 Å². The average Bonchev–Trinajstić information content (AvgIpc) is 2.60. The van der Waals surface area contributed by atoms with Crippen molar-refractivity contribution in [1.29, 1.82) is 0 Å². The molecule has 2 rings (SSSR count). The van der Waals surface area contributed by atoms with E-state index in [1.807, 2.05) is 6.92 Å². The molecule has 0 bridgehead atoms. The van der Waals surface area contributed by atoms with E-state index >= 15 is 0 Å². The quantitative estimate of drug-likeness (QED) is 0.617. The number of aliphatic imine (C=N–C) groups is 1. The van der Waals surface area contributed by atoms with Gasteiger partial charge in [0.25, 0.3) is 0 Å². The van der Waals surface area contributed by atoms with E-state index in [1.165, 1.54) is 5.11 Å². The van der Waals surface area contributed by atoms with Crippen molar-refractivity contribution in [3.05, 3.63) is 23.8 Å². The molecule has 78 valence electrons. The number of carbonyl (C=O) groups is 1. The van der Waals surface area contributed by atoms with Crippen LogP contribution in [0.3, 0.4) is 0 Å². The Morgan fingerprint density at radius 1 is 1.47 bits per heavy atom. The number of carbonyl (C=O) groups excluding carboxylic acids is 1. The monoisotopic (exact) mass is 269 g/mol. The summed E-state index contributed by atoms with van der Waals surface area (Å²) in [5, 5.41) is 1.50. The molecule has 1 aromatic rings. The summed E-state index contributed by atoms with van der Waals surface area (Å²) in [6, 6.07) is 5.27. The van der Waals surface area contributed by atoms with Crippen LogP contribution in [0, 0.1) is 0 Å². The molecular weight excluding hydrogens is 257 g/mol. The molecule has 15 heavy (non-hydrogen) atoms. The summed E-state index contributed by atoms with van der Waals surface area (Å²) < 4.78 is 12.3. The van der Waals surface area contributed by atoms with Gasteiger partial charge in [-0.25, -0.2) is 0 Å². The zero-order valence-electron chi connectivity index (χ0n) is 8.40. The number of rotatable bonds is 3. The Morgan fingerprint density at radius 2 is 2.27 bits per heavy atom. The number of hydrogen-bond acceptors (Lipinski definition) is 3. The van der Waals surface area contributed by atoms with Crippen LogP contribution in [0.25, 0.3) is 0 Å². The fraction of sp³-hybridized carbons (Fsp3) is 0.273. The molecule has 0 aromatic heterocycles. The first-order valence-electron chi connectivity index (χ1n) is 4.84. The summed E-state index contributed by atoms with van der Waals surface area (Å²) >= 11 is -2.10. The Hall–Kier alpha value is -1.12. The third-order valence-electron chi connectivity index (χ3n) is 2.26. The van der Waals surface area contributed by atoms with Gasteiger partial charge in [0.05, 0.1) is 0 Å².